The average molecular weight is 1150 g/mol. The first-order chi connectivity index (χ1) is 39.8. The monoisotopic (exact) mass is 1150 g/mol. The van der Waals surface area contributed by atoms with E-state index in [-0.39, 0.29) is 12.5 Å². The van der Waals surface area contributed by atoms with Crippen LogP contribution in [0.3, 0.4) is 0 Å². The lowest BCUT2D eigenvalue weighted by atomic mass is 9.99. The van der Waals surface area contributed by atoms with Crippen molar-refractivity contribution < 1.29 is 39.8 Å². The summed E-state index contributed by atoms with van der Waals surface area (Å²) in [6, 6.07) is -0.716. The molecule has 1 aliphatic heterocycles. The molecule has 0 aromatic heterocycles. The summed E-state index contributed by atoms with van der Waals surface area (Å²) >= 11 is 0. The van der Waals surface area contributed by atoms with Crippen LogP contribution in [-0.2, 0) is 14.3 Å². The van der Waals surface area contributed by atoms with Gasteiger partial charge in [-0.15, -0.1) is 0 Å². The highest BCUT2D eigenvalue weighted by Crippen LogP contribution is 2.24. The van der Waals surface area contributed by atoms with Crippen molar-refractivity contribution in [2.75, 3.05) is 13.2 Å². The molecule has 9 nitrogen and oxygen atoms in total. The Morgan fingerprint density at radius 1 is 0.420 bits per heavy atom. The van der Waals surface area contributed by atoms with Gasteiger partial charge in [-0.25, -0.2) is 0 Å². The Hall–Kier alpha value is -1.33. The molecule has 0 saturated carbocycles. The minimum atomic E-state index is -1.55. The van der Waals surface area contributed by atoms with Crippen molar-refractivity contribution >= 4 is 5.91 Å². The van der Waals surface area contributed by atoms with Gasteiger partial charge in [0.2, 0.25) is 5.91 Å². The molecule has 6 N–H and O–H groups in total. The molecule has 1 amide bonds. The molecular weight excluding hydrogens is 1010 g/mol. The number of allylic oxidation sites excluding steroid dienone is 4. The maximum absolute atomic E-state index is 13.1. The summed E-state index contributed by atoms with van der Waals surface area (Å²) in [6.45, 7) is 3.88. The van der Waals surface area contributed by atoms with E-state index in [0.29, 0.717) is 12.8 Å². The minimum Gasteiger partial charge on any atom is -0.394 e. The van der Waals surface area contributed by atoms with Crippen LogP contribution in [0.4, 0.5) is 0 Å². The Labute approximate surface area is 502 Å². The van der Waals surface area contributed by atoms with E-state index in [0.717, 1.165) is 44.9 Å². The molecule has 1 saturated heterocycles. The van der Waals surface area contributed by atoms with Crippen LogP contribution in [-0.4, -0.2) is 87.5 Å². The fraction of sp³-hybridized carbons (Fsp3) is 0.931. The molecule has 0 bridgehead atoms. The molecule has 0 aromatic carbocycles. The topological polar surface area (TPSA) is 149 Å². The number of nitrogens with one attached hydrogen (secondary N) is 1. The third-order valence-electron chi connectivity index (χ3n) is 17.6. The van der Waals surface area contributed by atoms with Crippen LogP contribution >= 0.6 is 0 Å². The van der Waals surface area contributed by atoms with Gasteiger partial charge in [-0.05, 0) is 44.9 Å². The van der Waals surface area contributed by atoms with E-state index in [1.807, 2.05) is 0 Å². The van der Waals surface area contributed by atoms with Crippen LogP contribution in [0.5, 0.6) is 0 Å². The lowest BCUT2D eigenvalue weighted by Crippen LogP contribution is -2.60. The van der Waals surface area contributed by atoms with Crippen LogP contribution in [0.2, 0.25) is 0 Å². The SMILES string of the molecule is CCCCCCC/C=C\C/C=C\CCCCCCCCCCCCCCCCCCCCCCCCCCCCCCCC(=O)NC(COC1OC(CO)C(O)C(O)C1O)C(O)CCCCCCCCCCCCCCCCCCC. The molecule has 1 heterocycles. The van der Waals surface area contributed by atoms with Crippen molar-refractivity contribution in [3.63, 3.8) is 0 Å². The van der Waals surface area contributed by atoms with Crippen molar-refractivity contribution in [1.82, 2.24) is 5.32 Å². The first-order valence-corrected chi connectivity index (χ1v) is 36.0. The van der Waals surface area contributed by atoms with Gasteiger partial charge in [0.15, 0.2) is 6.29 Å². The molecule has 0 spiro atoms. The fourth-order valence-corrected chi connectivity index (χ4v) is 11.9. The van der Waals surface area contributed by atoms with Crippen LogP contribution in [0.25, 0.3) is 0 Å². The van der Waals surface area contributed by atoms with E-state index in [9.17, 15) is 30.3 Å². The van der Waals surface area contributed by atoms with E-state index >= 15 is 0 Å². The van der Waals surface area contributed by atoms with Crippen LogP contribution in [0.15, 0.2) is 24.3 Å². The number of carbonyl (C=O) groups excluding carboxylic acids is 1. The lowest BCUT2D eigenvalue weighted by molar-refractivity contribution is -0.302. The van der Waals surface area contributed by atoms with Gasteiger partial charge in [0, 0.05) is 6.42 Å². The Morgan fingerprint density at radius 2 is 0.728 bits per heavy atom. The molecule has 9 heteroatoms. The van der Waals surface area contributed by atoms with Gasteiger partial charge in [0.25, 0.3) is 0 Å². The van der Waals surface area contributed by atoms with Crippen molar-refractivity contribution in [2.45, 2.75) is 416 Å². The normalized spacial score (nSPS) is 18.4. The Bertz CT molecular complexity index is 1330. The Morgan fingerprint density at radius 3 is 1.06 bits per heavy atom. The fourth-order valence-electron chi connectivity index (χ4n) is 11.9. The molecule has 0 aromatic rings. The van der Waals surface area contributed by atoms with E-state index in [2.05, 4.69) is 43.5 Å². The van der Waals surface area contributed by atoms with Crippen molar-refractivity contribution in [3.8, 4) is 0 Å². The summed E-state index contributed by atoms with van der Waals surface area (Å²) in [4.78, 5) is 13.1. The zero-order valence-corrected chi connectivity index (χ0v) is 53.8. The van der Waals surface area contributed by atoms with Gasteiger partial charge in [0.05, 0.1) is 25.4 Å². The second-order valence-electron chi connectivity index (χ2n) is 25.4. The minimum absolute atomic E-state index is 0.132. The van der Waals surface area contributed by atoms with Crippen molar-refractivity contribution in [1.29, 1.82) is 0 Å². The third kappa shape index (κ3) is 50.5. The largest absolute Gasteiger partial charge is 0.394 e. The number of hydrogen-bond donors (Lipinski definition) is 6. The summed E-state index contributed by atoms with van der Waals surface area (Å²) in [7, 11) is 0. The van der Waals surface area contributed by atoms with Gasteiger partial charge in [-0.2, -0.15) is 0 Å². The van der Waals surface area contributed by atoms with Gasteiger partial charge in [-0.1, -0.05) is 346 Å². The van der Waals surface area contributed by atoms with Gasteiger partial charge in [-0.3, -0.25) is 4.79 Å². The molecule has 1 fully saturated rings. The molecular formula is C72H139NO8. The molecule has 81 heavy (non-hydrogen) atoms. The lowest BCUT2D eigenvalue weighted by Gasteiger charge is -2.40. The number of unbranched alkanes of at least 4 members (excludes halogenated alkanes) is 50. The zero-order chi connectivity index (χ0) is 58.6. The van der Waals surface area contributed by atoms with Crippen LogP contribution in [0, 0.1) is 0 Å². The van der Waals surface area contributed by atoms with E-state index in [1.165, 1.54) is 302 Å². The van der Waals surface area contributed by atoms with Crippen LogP contribution in [0.1, 0.15) is 373 Å². The van der Waals surface area contributed by atoms with E-state index in [1.54, 1.807) is 0 Å². The second kappa shape index (κ2) is 61.7. The number of aliphatic hydroxyl groups excluding tert-OH is 5. The molecule has 1 aliphatic rings. The maximum atomic E-state index is 13.1. The van der Waals surface area contributed by atoms with Crippen molar-refractivity contribution in [3.05, 3.63) is 24.3 Å². The van der Waals surface area contributed by atoms with Gasteiger partial charge in [0.1, 0.15) is 24.4 Å². The molecule has 7 unspecified atom stereocenters. The zero-order valence-electron chi connectivity index (χ0n) is 53.8. The summed E-state index contributed by atoms with van der Waals surface area (Å²) in [5, 5.41) is 54.8. The summed E-state index contributed by atoms with van der Waals surface area (Å²) in [5.41, 5.74) is 0. The highest BCUT2D eigenvalue weighted by Gasteiger charge is 2.44. The number of rotatable bonds is 64. The molecule has 0 radical (unpaired) electrons. The number of amides is 1. The average Bonchev–Trinajstić information content (AvgIpc) is 3.49. The highest BCUT2D eigenvalue weighted by atomic mass is 16.7. The quantitative estimate of drug-likeness (QED) is 0.0261. The predicted molar refractivity (Wildman–Crippen MR) is 346 cm³/mol. The number of carbonyl (C=O) groups is 1. The van der Waals surface area contributed by atoms with E-state index < -0.39 is 49.5 Å². The smallest absolute Gasteiger partial charge is 0.220 e. The number of ether oxygens (including phenoxy) is 2. The summed E-state index contributed by atoms with van der Waals surface area (Å²) in [6.07, 6.45) is 74.1. The maximum Gasteiger partial charge on any atom is 0.220 e. The van der Waals surface area contributed by atoms with Crippen LogP contribution < -0.4 is 5.32 Å². The Balaban J connectivity index is 2.00. The predicted octanol–water partition coefficient (Wildman–Crippen LogP) is 19.6. The Kier molecular flexibility index (Phi) is 59.2. The highest BCUT2D eigenvalue weighted by molar-refractivity contribution is 5.76. The molecule has 480 valence electrons. The van der Waals surface area contributed by atoms with Crippen molar-refractivity contribution in [2.24, 2.45) is 0 Å². The standard InChI is InChI=1S/C72H139NO8/c1-3-5-7-9-11-13-15-17-19-21-22-23-24-25-26-27-28-29-30-31-32-33-34-35-36-37-38-39-40-41-42-43-44-46-48-50-52-54-56-58-60-62-68(76)73-65(64-80-72-71(79)70(78)69(77)67(63-74)81-72)66(75)61-59-57-55-53-51-49-47-45-20-18-16-14-12-10-8-6-4-2/h15,17,21-22,65-67,69-72,74-75,77-79H,3-14,16,18-20,23-64H2,1-2H3,(H,73,76)/b17-15-,22-21-. The van der Waals surface area contributed by atoms with Gasteiger partial charge < -0.3 is 40.3 Å². The first kappa shape index (κ1) is 77.7. The third-order valence-corrected chi connectivity index (χ3v) is 17.6. The number of aliphatic hydroxyl groups is 5. The number of hydrogen-bond acceptors (Lipinski definition) is 8. The van der Waals surface area contributed by atoms with E-state index in [4.69, 9.17) is 9.47 Å². The summed E-state index contributed by atoms with van der Waals surface area (Å²) in [5.74, 6) is -0.135. The first-order valence-electron chi connectivity index (χ1n) is 36.0. The summed E-state index contributed by atoms with van der Waals surface area (Å²) < 4.78 is 11.4. The second-order valence-corrected chi connectivity index (χ2v) is 25.4. The molecule has 7 atom stereocenters. The molecule has 1 rings (SSSR count). The molecule has 0 aliphatic carbocycles. The van der Waals surface area contributed by atoms with Gasteiger partial charge >= 0.3 is 0 Å².